The van der Waals surface area contributed by atoms with Crippen LogP contribution in [0, 0.1) is 5.92 Å². The lowest BCUT2D eigenvalue weighted by atomic mass is 10.2. The Labute approximate surface area is 116 Å². The lowest BCUT2D eigenvalue weighted by Crippen LogP contribution is -2.53. The molecule has 1 N–H and O–H groups in total. The minimum atomic E-state index is -2.98. The van der Waals surface area contributed by atoms with E-state index in [-0.39, 0.29) is 11.4 Å². The fourth-order valence-electron chi connectivity index (χ4n) is 2.17. The van der Waals surface area contributed by atoms with E-state index in [0.717, 1.165) is 25.4 Å². The van der Waals surface area contributed by atoms with Gasteiger partial charge in [-0.2, -0.15) is 11.8 Å². The molecule has 108 valence electrons. The Bertz CT molecular complexity index is 344. The van der Waals surface area contributed by atoms with Crippen LogP contribution in [0.5, 0.6) is 0 Å². The van der Waals surface area contributed by atoms with Crippen LogP contribution < -0.4 is 5.32 Å². The number of nitrogens with one attached hydrogen (secondary N) is 1. The Morgan fingerprint density at radius 3 is 2.56 bits per heavy atom. The van der Waals surface area contributed by atoms with E-state index in [1.807, 2.05) is 0 Å². The Morgan fingerprint density at radius 2 is 2.00 bits per heavy atom. The summed E-state index contributed by atoms with van der Waals surface area (Å²) in [4.78, 5) is 2.14. The maximum absolute atomic E-state index is 11.8. The fourth-order valence-corrected chi connectivity index (χ4v) is 5.15. The van der Waals surface area contributed by atoms with Crippen molar-refractivity contribution in [3.63, 3.8) is 0 Å². The molecule has 4 nitrogen and oxygen atoms in total. The van der Waals surface area contributed by atoms with E-state index in [9.17, 15) is 8.42 Å². The Morgan fingerprint density at radius 1 is 1.33 bits per heavy atom. The summed E-state index contributed by atoms with van der Waals surface area (Å²) in [6.45, 7) is 9.17. The predicted octanol–water partition coefficient (Wildman–Crippen LogP) is 1.04. The first-order chi connectivity index (χ1) is 8.32. The normalized spacial score (nSPS) is 24.4. The molecule has 1 rings (SSSR count). The van der Waals surface area contributed by atoms with Crippen molar-refractivity contribution in [3.05, 3.63) is 0 Å². The number of sulfone groups is 1. The Hall–Kier alpha value is 0.220. The van der Waals surface area contributed by atoms with Gasteiger partial charge in [0.05, 0.1) is 0 Å². The second kappa shape index (κ2) is 7.12. The summed E-state index contributed by atoms with van der Waals surface area (Å²) in [5.41, 5.74) is 0. The minimum Gasteiger partial charge on any atom is -0.315 e. The van der Waals surface area contributed by atoms with E-state index in [1.54, 1.807) is 11.8 Å². The van der Waals surface area contributed by atoms with Gasteiger partial charge in [-0.15, -0.1) is 0 Å². The molecule has 0 aromatic carbocycles. The summed E-state index contributed by atoms with van der Waals surface area (Å²) in [5, 5.41) is 3.10. The fraction of sp³-hybridized carbons (Fsp3) is 1.00. The molecular formula is C12H26N2O2S2. The second-order valence-corrected chi connectivity index (χ2v) is 8.85. The van der Waals surface area contributed by atoms with Gasteiger partial charge in [0.2, 0.25) is 0 Å². The van der Waals surface area contributed by atoms with Crippen molar-refractivity contribution in [3.8, 4) is 0 Å². The smallest absolute Gasteiger partial charge is 0.164 e. The van der Waals surface area contributed by atoms with Gasteiger partial charge in [0.1, 0.15) is 5.37 Å². The second-order valence-electron chi connectivity index (χ2n) is 5.50. The highest BCUT2D eigenvalue weighted by Gasteiger charge is 2.33. The Balaban J connectivity index is 2.55. The lowest BCUT2D eigenvalue weighted by Gasteiger charge is -2.38. The van der Waals surface area contributed by atoms with Crippen LogP contribution >= 0.6 is 11.8 Å². The molecule has 0 radical (unpaired) electrons. The summed E-state index contributed by atoms with van der Waals surface area (Å²) in [7, 11) is -2.98. The molecule has 1 fully saturated rings. The van der Waals surface area contributed by atoms with Crippen molar-refractivity contribution in [2.45, 2.75) is 32.2 Å². The van der Waals surface area contributed by atoms with Gasteiger partial charge in [0.15, 0.2) is 9.84 Å². The molecule has 0 aliphatic carbocycles. The zero-order chi connectivity index (χ0) is 13.8. The van der Waals surface area contributed by atoms with Crippen molar-refractivity contribution < 1.29 is 8.42 Å². The Kier molecular flexibility index (Phi) is 6.44. The third-order valence-corrected chi connectivity index (χ3v) is 5.84. The molecule has 0 saturated carbocycles. The number of hydrogen-bond donors (Lipinski definition) is 1. The van der Waals surface area contributed by atoms with Crippen molar-refractivity contribution in [2.24, 2.45) is 5.92 Å². The average Bonchev–Trinajstić information content (AvgIpc) is 2.27. The van der Waals surface area contributed by atoms with E-state index in [2.05, 4.69) is 31.0 Å². The molecule has 6 heteroatoms. The number of nitrogens with zero attached hydrogens (tertiary/aromatic N) is 1. The van der Waals surface area contributed by atoms with E-state index in [1.165, 1.54) is 6.26 Å². The van der Waals surface area contributed by atoms with Crippen LogP contribution in [0.3, 0.4) is 0 Å². The third-order valence-electron chi connectivity index (χ3n) is 3.18. The van der Waals surface area contributed by atoms with Crippen LogP contribution in [0.4, 0.5) is 0 Å². The lowest BCUT2D eigenvalue weighted by molar-refractivity contribution is 0.199. The van der Waals surface area contributed by atoms with Gasteiger partial charge >= 0.3 is 0 Å². The van der Waals surface area contributed by atoms with Crippen LogP contribution in [0.15, 0.2) is 0 Å². The summed E-state index contributed by atoms with van der Waals surface area (Å²) < 4.78 is 23.6. The zero-order valence-electron chi connectivity index (χ0n) is 11.8. The summed E-state index contributed by atoms with van der Waals surface area (Å²) >= 11 is 1.74. The molecule has 0 amide bonds. The van der Waals surface area contributed by atoms with E-state index in [4.69, 9.17) is 0 Å². The third kappa shape index (κ3) is 5.07. The van der Waals surface area contributed by atoms with Crippen molar-refractivity contribution >= 4 is 21.6 Å². The van der Waals surface area contributed by atoms with Gasteiger partial charge < -0.3 is 5.32 Å². The van der Waals surface area contributed by atoms with E-state index in [0.29, 0.717) is 11.7 Å². The molecule has 1 heterocycles. The summed E-state index contributed by atoms with van der Waals surface area (Å²) in [5.74, 6) is 2.35. The molecule has 0 bridgehead atoms. The SMILES string of the molecule is CC(C)CNCC(C)N1CCSCC1S(C)(=O)=O. The average molecular weight is 294 g/mol. The van der Waals surface area contributed by atoms with Crippen LogP contribution in [0.2, 0.25) is 0 Å². The van der Waals surface area contributed by atoms with E-state index < -0.39 is 9.84 Å². The number of thioether (sulfide) groups is 1. The topological polar surface area (TPSA) is 49.4 Å². The first kappa shape index (κ1) is 16.3. The quantitative estimate of drug-likeness (QED) is 0.793. The summed E-state index contributed by atoms with van der Waals surface area (Å²) in [6, 6.07) is 0.268. The van der Waals surface area contributed by atoms with Crippen LogP contribution in [0.25, 0.3) is 0 Å². The van der Waals surface area contributed by atoms with Crippen molar-refractivity contribution in [2.75, 3.05) is 37.4 Å². The van der Waals surface area contributed by atoms with Gasteiger partial charge in [-0.1, -0.05) is 13.8 Å². The molecule has 18 heavy (non-hydrogen) atoms. The molecule has 1 aliphatic rings. The first-order valence-electron chi connectivity index (χ1n) is 6.55. The maximum atomic E-state index is 11.8. The molecular weight excluding hydrogens is 268 g/mol. The highest BCUT2D eigenvalue weighted by Crippen LogP contribution is 2.22. The van der Waals surface area contributed by atoms with Crippen LogP contribution in [-0.4, -0.2) is 62.1 Å². The molecule has 1 saturated heterocycles. The largest absolute Gasteiger partial charge is 0.315 e. The number of hydrogen-bond acceptors (Lipinski definition) is 5. The molecule has 0 spiro atoms. The molecule has 1 aliphatic heterocycles. The van der Waals surface area contributed by atoms with E-state index >= 15 is 0 Å². The number of rotatable bonds is 6. The van der Waals surface area contributed by atoms with Gasteiger partial charge in [0.25, 0.3) is 0 Å². The van der Waals surface area contributed by atoms with Gasteiger partial charge in [-0.25, -0.2) is 8.42 Å². The molecule has 0 aromatic heterocycles. The summed E-state index contributed by atoms with van der Waals surface area (Å²) in [6.07, 6.45) is 1.35. The van der Waals surface area contributed by atoms with Crippen LogP contribution in [-0.2, 0) is 9.84 Å². The molecule has 2 atom stereocenters. The highest BCUT2D eigenvalue weighted by molar-refractivity contribution is 8.00. The molecule has 2 unspecified atom stereocenters. The van der Waals surface area contributed by atoms with Gasteiger partial charge in [-0.3, -0.25) is 4.90 Å². The standard InChI is InChI=1S/C12H26N2O2S2/c1-10(2)7-13-8-11(3)14-5-6-17-9-12(14)18(4,15)16/h10-13H,5-9H2,1-4H3. The predicted molar refractivity (Wildman–Crippen MR) is 79.8 cm³/mol. The first-order valence-corrected chi connectivity index (χ1v) is 9.66. The van der Waals surface area contributed by atoms with Gasteiger partial charge in [-0.05, 0) is 19.4 Å². The van der Waals surface area contributed by atoms with Crippen LogP contribution in [0.1, 0.15) is 20.8 Å². The maximum Gasteiger partial charge on any atom is 0.164 e. The van der Waals surface area contributed by atoms with Gasteiger partial charge in [0, 0.05) is 36.9 Å². The van der Waals surface area contributed by atoms with Crippen molar-refractivity contribution in [1.82, 2.24) is 10.2 Å². The highest BCUT2D eigenvalue weighted by atomic mass is 32.2. The molecule has 0 aromatic rings. The van der Waals surface area contributed by atoms with Crippen molar-refractivity contribution in [1.29, 1.82) is 0 Å². The zero-order valence-corrected chi connectivity index (χ0v) is 13.5. The minimum absolute atomic E-state index is 0.268. The monoisotopic (exact) mass is 294 g/mol.